The van der Waals surface area contributed by atoms with E-state index in [4.69, 9.17) is 4.42 Å². The maximum absolute atomic E-state index is 6.95. The van der Waals surface area contributed by atoms with Gasteiger partial charge in [0, 0.05) is 49.0 Å². The van der Waals surface area contributed by atoms with Crippen molar-refractivity contribution in [1.82, 2.24) is 8.97 Å². The van der Waals surface area contributed by atoms with Crippen LogP contribution in [-0.4, -0.2) is 15.8 Å². The van der Waals surface area contributed by atoms with Gasteiger partial charge in [-0.1, -0.05) is 137 Å². The highest BCUT2D eigenvalue weighted by Crippen LogP contribution is 2.55. The minimum Gasteiger partial charge on any atom is -0.456 e. The highest BCUT2D eigenvalue weighted by Gasteiger charge is 2.47. The third-order valence-corrected chi connectivity index (χ3v) is 15.8. The topological polar surface area (TPSA) is 25.7 Å². The van der Waals surface area contributed by atoms with Gasteiger partial charge in [0.1, 0.15) is 11.2 Å². The Morgan fingerprint density at radius 3 is 1.92 bits per heavy atom. The Morgan fingerprint density at radius 1 is 0.516 bits per heavy atom. The van der Waals surface area contributed by atoms with E-state index >= 15 is 0 Å². The zero-order valence-corrected chi connectivity index (χ0v) is 35.5. The molecule has 3 aliphatic rings. The molecule has 12 aromatic rings. The second kappa shape index (κ2) is 10.9. The second-order valence-electron chi connectivity index (χ2n) is 19.9. The number of aryl methyl sites for hydroxylation is 1. The lowest BCUT2D eigenvalue weighted by Gasteiger charge is -2.46. The van der Waals surface area contributed by atoms with Crippen LogP contribution in [0.3, 0.4) is 0 Å². The molecule has 0 unspecified atom stereocenters. The van der Waals surface area contributed by atoms with Crippen molar-refractivity contribution in [2.45, 2.75) is 58.3 Å². The van der Waals surface area contributed by atoms with Crippen LogP contribution in [-0.2, 0) is 10.8 Å². The summed E-state index contributed by atoms with van der Waals surface area (Å²) in [6.07, 6.45) is 2.34. The Hall–Kier alpha value is -6.98. The summed E-state index contributed by atoms with van der Waals surface area (Å²) in [7, 11) is 0. The fourth-order valence-electron chi connectivity index (χ4n) is 12.8. The first-order valence-corrected chi connectivity index (χ1v) is 22.4. The summed E-state index contributed by atoms with van der Waals surface area (Å²) < 4.78 is 12.1. The van der Waals surface area contributed by atoms with Crippen molar-refractivity contribution in [2.24, 2.45) is 0 Å². The summed E-state index contributed by atoms with van der Waals surface area (Å²) in [5.74, 6) is 0. The SMILES string of the molecule is Cc1cc2c(cc1N1B3c4c(cc5oc6ccccc6c5c4-n4c5ccccc5c5cccc3c54)-c3ccc4c5cccc6c7ccccc7n(c4c31)c65)C(C)(C)CCC2(C)C. The molecule has 0 saturated heterocycles. The molecular weight excluding hydrogens is 753 g/mol. The van der Waals surface area contributed by atoms with Crippen molar-refractivity contribution in [3.8, 4) is 16.8 Å². The molecule has 0 atom stereocenters. The Labute approximate surface area is 359 Å². The third kappa shape index (κ3) is 3.81. The van der Waals surface area contributed by atoms with Gasteiger partial charge >= 0.3 is 6.85 Å². The summed E-state index contributed by atoms with van der Waals surface area (Å²) in [5, 5.41) is 10.1. The lowest BCUT2D eigenvalue weighted by molar-refractivity contribution is 0.332. The zero-order valence-electron chi connectivity index (χ0n) is 35.5. The van der Waals surface area contributed by atoms with E-state index in [-0.39, 0.29) is 17.7 Å². The predicted octanol–water partition coefficient (Wildman–Crippen LogP) is 13.7. The number of furan rings is 1. The molecule has 0 saturated carbocycles. The normalized spacial score (nSPS) is 16.2. The van der Waals surface area contributed by atoms with Crippen LogP contribution in [0.5, 0.6) is 0 Å². The molecule has 0 spiro atoms. The quantitative estimate of drug-likeness (QED) is 0.155. The molecule has 0 fully saturated rings. The number of para-hydroxylation sites is 5. The lowest BCUT2D eigenvalue weighted by Crippen LogP contribution is -2.61. The van der Waals surface area contributed by atoms with Crippen LogP contribution in [0.1, 0.15) is 57.2 Å². The number of hydrogen-bond acceptors (Lipinski definition) is 2. The van der Waals surface area contributed by atoms with E-state index in [9.17, 15) is 0 Å². The second-order valence-corrected chi connectivity index (χ2v) is 19.9. The van der Waals surface area contributed by atoms with E-state index in [1.54, 1.807) is 0 Å². The summed E-state index contributed by atoms with van der Waals surface area (Å²) in [6.45, 7) is 12.1. The van der Waals surface area contributed by atoms with E-state index < -0.39 is 0 Å². The Bertz CT molecular complexity index is 4020. The van der Waals surface area contributed by atoms with Gasteiger partial charge in [-0.05, 0) is 94.1 Å². The number of anilines is 2. The molecule has 6 heterocycles. The van der Waals surface area contributed by atoms with Crippen LogP contribution in [0.4, 0.5) is 11.4 Å². The van der Waals surface area contributed by atoms with E-state index in [1.165, 1.54) is 128 Å². The van der Waals surface area contributed by atoms with Crippen molar-refractivity contribution < 1.29 is 4.42 Å². The number of aromatic nitrogens is 2. The predicted molar refractivity (Wildman–Crippen MR) is 262 cm³/mol. The molecule has 5 heteroatoms. The molecule has 0 bridgehead atoms. The van der Waals surface area contributed by atoms with Crippen LogP contribution < -0.4 is 15.7 Å². The number of rotatable bonds is 1. The van der Waals surface area contributed by atoms with E-state index in [0.717, 1.165) is 23.0 Å². The minimum atomic E-state index is -0.130. The summed E-state index contributed by atoms with van der Waals surface area (Å²) in [5.41, 5.74) is 21.5. The average Bonchev–Trinajstić information content (AvgIpc) is 4.03. The highest BCUT2D eigenvalue weighted by atomic mass is 16.3. The molecule has 15 rings (SSSR count). The van der Waals surface area contributed by atoms with Gasteiger partial charge in [-0.2, -0.15) is 0 Å². The largest absolute Gasteiger partial charge is 0.456 e. The summed E-state index contributed by atoms with van der Waals surface area (Å²) >= 11 is 0. The molecule has 8 aromatic carbocycles. The monoisotopic (exact) mass is 795 g/mol. The fraction of sp³-hybridized carbons (Fsp3) is 0.158. The van der Waals surface area contributed by atoms with Crippen molar-refractivity contribution in [3.05, 3.63) is 156 Å². The van der Waals surface area contributed by atoms with Gasteiger partial charge in [0.05, 0.1) is 44.3 Å². The van der Waals surface area contributed by atoms with E-state index in [0.29, 0.717) is 0 Å². The number of fused-ring (bicyclic) bond motifs is 19. The van der Waals surface area contributed by atoms with Gasteiger partial charge in [-0.3, -0.25) is 0 Å². The Morgan fingerprint density at radius 2 is 1.13 bits per heavy atom. The molecule has 1 aliphatic carbocycles. The molecule has 4 nitrogen and oxygen atoms in total. The third-order valence-electron chi connectivity index (χ3n) is 15.8. The number of benzene rings is 8. The molecule has 0 amide bonds. The Kier molecular flexibility index (Phi) is 5.93. The van der Waals surface area contributed by atoms with Crippen LogP contribution in [0, 0.1) is 6.92 Å². The van der Waals surface area contributed by atoms with Crippen LogP contribution in [0.15, 0.2) is 144 Å². The first-order chi connectivity index (χ1) is 30.2. The van der Waals surface area contributed by atoms with Gasteiger partial charge in [0.25, 0.3) is 0 Å². The van der Waals surface area contributed by atoms with Crippen molar-refractivity contribution in [3.63, 3.8) is 0 Å². The molecule has 2 aliphatic heterocycles. The summed E-state index contributed by atoms with van der Waals surface area (Å²) in [4.78, 5) is 2.81. The standard InChI is InChI=1S/C57H42BN3O/c1-31-28-41-42(57(4,5)27-26-56(41,2)3)30-46(31)61-54-38(25-24-37-36-18-12-17-34-32-14-6-9-21-44(32)59(51(34)36)53(37)54)40-29-48-49(39-16-8-11-23-47(39)62-48)55-50(40)58(61)43-20-13-19-35-33-15-7-10-22-45(33)60(55)52(35)43/h6-25,28-30H,26-27H2,1-5H3. The molecule has 294 valence electrons. The summed E-state index contributed by atoms with van der Waals surface area (Å²) in [6, 6.07) is 53.0. The van der Waals surface area contributed by atoms with Gasteiger partial charge in [0.2, 0.25) is 0 Å². The first-order valence-electron chi connectivity index (χ1n) is 22.4. The van der Waals surface area contributed by atoms with Crippen molar-refractivity contribution >= 4 is 111 Å². The Balaban J connectivity index is 1.21. The fourth-order valence-corrected chi connectivity index (χ4v) is 12.8. The highest BCUT2D eigenvalue weighted by molar-refractivity contribution is 6.94. The van der Waals surface area contributed by atoms with Gasteiger partial charge in [0.15, 0.2) is 0 Å². The molecule has 4 aromatic heterocycles. The zero-order chi connectivity index (χ0) is 41.1. The van der Waals surface area contributed by atoms with Gasteiger partial charge in [-0.15, -0.1) is 0 Å². The molecule has 62 heavy (non-hydrogen) atoms. The first kappa shape index (κ1) is 33.7. The molecule has 0 radical (unpaired) electrons. The smallest absolute Gasteiger partial charge is 0.333 e. The number of nitrogens with zero attached hydrogens (tertiary/aromatic N) is 3. The number of hydrogen-bond donors (Lipinski definition) is 0. The van der Waals surface area contributed by atoms with E-state index in [2.05, 4.69) is 188 Å². The van der Waals surface area contributed by atoms with Crippen LogP contribution >= 0.6 is 0 Å². The van der Waals surface area contributed by atoms with Crippen LogP contribution in [0.2, 0.25) is 0 Å². The van der Waals surface area contributed by atoms with E-state index in [1.807, 2.05) is 0 Å². The maximum Gasteiger partial charge on any atom is 0.333 e. The van der Waals surface area contributed by atoms with Crippen molar-refractivity contribution in [1.29, 1.82) is 0 Å². The van der Waals surface area contributed by atoms with Crippen molar-refractivity contribution in [2.75, 3.05) is 4.81 Å². The molecular formula is C57H42BN3O. The minimum absolute atomic E-state index is 0.0352. The van der Waals surface area contributed by atoms with Crippen LogP contribution in [0.25, 0.3) is 98.7 Å². The van der Waals surface area contributed by atoms with Gasteiger partial charge in [-0.25, -0.2) is 0 Å². The molecule has 0 N–H and O–H groups in total. The lowest BCUT2D eigenvalue weighted by atomic mass is 9.43. The maximum atomic E-state index is 6.95. The average molecular weight is 796 g/mol. The van der Waals surface area contributed by atoms with Gasteiger partial charge < -0.3 is 18.2 Å².